The number of sulfonamides is 1. The molecule has 1 atom stereocenters. The molecule has 1 heterocycles. The standard InChI is InChI=1S/C13H17N3O4S/c1-8(2)16-12-5-4-11(6-10(12)7-14-16)21(19,20)15-9(3)13(17)18/h4-9,15H,1-3H3,(H,17,18)/t9-/m0/s1. The van der Waals surface area contributed by atoms with Crippen LogP contribution in [-0.2, 0) is 14.8 Å². The van der Waals surface area contributed by atoms with Crippen LogP contribution in [0.1, 0.15) is 26.8 Å². The second-order valence-corrected chi connectivity index (χ2v) is 6.80. The van der Waals surface area contributed by atoms with Crippen molar-refractivity contribution in [1.29, 1.82) is 0 Å². The van der Waals surface area contributed by atoms with Gasteiger partial charge in [-0.15, -0.1) is 0 Å². The summed E-state index contributed by atoms with van der Waals surface area (Å²) in [4.78, 5) is 10.8. The fraction of sp³-hybridized carbons (Fsp3) is 0.385. The fourth-order valence-electron chi connectivity index (χ4n) is 1.96. The molecule has 2 aromatic rings. The monoisotopic (exact) mass is 311 g/mol. The Kier molecular flexibility index (Phi) is 4.02. The number of hydrogen-bond donors (Lipinski definition) is 2. The van der Waals surface area contributed by atoms with Gasteiger partial charge in [-0.25, -0.2) is 8.42 Å². The Balaban J connectivity index is 2.41. The smallest absolute Gasteiger partial charge is 0.321 e. The van der Waals surface area contributed by atoms with Gasteiger partial charge in [-0.05, 0) is 39.0 Å². The third-order valence-corrected chi connectivity index (χ3v) is 4.61. The Morgan fingerprint density at radius 2 is 2.00 bits per heavy atom. The number of carbonyl (C=O) groups is 1. The highest BCUT2D eigenvalue weighted by atomic mass is 32.2. The van der Waals surface area contributed by atoms with Gasteiger partial charge in [0, 0.05) is 11.4 Å². The van der Waals surface area contributed by atoms with E-state index in [1.807, 2.05) is 13.8 Å². The number of carboxylic acids is 1. The lowest BCUT2D eigenvalue weighted by atomic mass is 10.2. The summed E-state index contributed by atoms with van der Waals surface area (Å²) >= 11 is 0. The molecule has 1 aromatic carbocycles. The second kappa shape index (κ2) is 5.45. The first-order valence-corrected chi connectivity index (χ1v) is 7.93. The lowest BCUT2D eigenvalue weighted by Crippen LogP contribution is -2.38. The van der Waals surface area contributed by atoms with Crippen molar-refractivity contribution in [3.63, 3.8) is 0 Å². The van der Waals surface area contributed by atoms with Gasteiger partial charge in [-0.1, -0.05) is 0 Å². The highest BCUT2D eigenvalue weighted by Crippen LogP contribution is 2.21. The molecule has 0 aliphatic rings. The number of nitrogens with zero attached hydrogens (tertiary/aromatic N) is 2. The van der Waals surface area contributed by atoms with Gasteiger partial charge in [0.1, 0.15) is 6.04 Å². The highest BCUT2D eigenvalue weighted by molar-refractivity contribution is 7.89. The number of carboxylic acid groups (broad SMARTS) is 1. The average molecular weight is 311 g/mol. The third kappa shape index (κ3) is 3.06. The van der Waals surface area contributed by atoms with Crippen molar-refractivity contribution < 1.29 is 18.3 Å². The zero-order valence-corrected chi connectivity index (χ0v) is 12.8. The van der Waals surface area contributed by atoms with E-state index in [0.717, 1.165) is 5.52 Å². The van der Waals surface area contributed by atoms with Crippen LogP contribution in [0.3, 0.4) is 0 Å². The number of benzene rings is 1. The molecule has 0 aliphatic heterocycles. The van der Waals surface area contributed by atoms with E-state index in [4.69, 9.17) is 5.11 Å². The number of fused-ring (bicyclic) bond motifs is 1. The summed E-state index contributed by atoms with van der Waals surface area (Å²) in [5.41, 5.74) is 0.829. The van der Waals surface area contributed by atoms with E-state index < -0.39 is 22.0 Å². The van der Waals surface area contributed by atoms with Gasteiger partial charge in [-0.2, -0.15) is 9.82 Å². The minimum absolute atomic E-state index is 0.0198. The molecule has 8 heteroatoms. The lowest BCUT2D eigenvalue weighted by molar-refractivity contribution is -0.138. The molecule has 0 aliphatic carbocycles. The maximum Gasteiger partial charge on any atom is 0.321 e. The summed E-state index contributed by atoms with van der Waals surface area (Å²) in [6.45, 7) is 5.23. The zero-order valence-electron chi connectivity index (χ0n) is 11.9. The van der Waals surface area contributed by atoms with Gasteiger partial charge < -0.3 is 5.11 Å². The minimum Gasteiger partial charge on any atom is -0.480 e. The molecule has 0 spiro atoms. The number of aromatic nitrogens is 2. The quantitative estimate of drug-likeness (QED) is 0.868. The molecule has 0 saturated heterocycles. The van der Waals surface area contributed by atoms with Gasteiger partial charge in [0.25, 0.3) is 0 Å². The van der Waals surface area contributed by atoms with Crippen LogP contribution in [0, 0.1) is 0 Å². The van der Waals surface area contributed by atoms with Crippen molar-refractivity contribution >= 4 is 26.9 Å². The summed E-state index contributed by atoms with van der Waals surface area (Å²) in [5, 5.41) is 13.7. The maximum absolute atomic E-state index is 12.1. The molecule has 0 bridgehead atoms. The van der Waals surface area contributed by atoms with Crippen LogP contribution in [0.25, 0.3) is 10.9 Å². The molecule has 0 radical (unpaired) electrons. The van der Waals surface area contributed by atoms with E-state index in [9.17, 15) is 13.2 Å². The summed E-state index contributed by atoms with van der Waals surface area (Å²) in [5.74, 6) is -1.23. The molecule has 0 saturated carbocycles. The first-order valence-electron chi connectivity index (χ1n) is 6.45. The van der Waals surface area contributed by atoms with Crippen molar-refractivity contribution in [3.8, 4) is 0 Å². The van der Waals surface area contributed by atoms with Crippen molar-refractivity contribution in [2.45, 2.75) is 37.8 Å². The van der Waals surface area contributed by atoms with E-state index in [1.165, 1.54) is 19.1 Å². The Morgan fingerprint density at radius 1 is 1.33 bits per heavy atom. The molecular weight excluding hydrogens is 294 g/mol. The Bertz CT molecular complexity index is 780. The molecule has 1 aromatic heterocycles. The van der Waals surface area contributed by atoms with Crippen molar-refractivity contribution in [2.75, 3.05) is 0 Å². The molecule has 7 nitrogen and oxygen atoms in total. The van der Waals surface area contributed by atoms with Crippen LogP contribution >= 0.6 is 0 Å². The molecule has 2 rings (SSSR count). The van der Waals surface area contributed by atoms with Crippen molar-refractivity contribution in [1.82, 2.24) is 14.5 Å². The van der Waals surface area contributed by atoms with E-state index in [-0.39, 0.29) is 10.9 Å². The summed E-state index contributed by atoms with van der Waals surface area (Å²) in [6, 6.07) is 3.57. The summed E-state index contributed by atoms with van der Waals surface area (Å²) in [6.07, 6.45) is 1.59. The summed E-state index contributed by atoms with van der Waals surface area (Å²) in [7, 11) is -3.87. The maximum atomic E-state index is 12.1. The normalized spacial score (nSPS) is 13.7. The predicted molar refractivity (Wildman–Crippen MR) is 77.5 cm³/mol. The largest absolute Gasteiger partial charge is 0.480 e. The average Bonchev–Trinajstić information content (AvgIpc) is 2.80. The topological polar surface area (TPSA) is 101 Å². The van der Waals surface area contributed by atoms with E-state index >= 15 is 0 Å². The van der Waals surface area contributed by atoms with Gasteiger partial charge >= 0.3 is 5.97 Å². The van der Waals surface area contributed by atoms with Crippen LogP contribution in [-0.4, -0.2) is 35.3 Å². The van der Waals surface area contributed by atoms with Crippen molar-refractivity contribution in [2.24, 2.45) is 0 Å². The van der Waals surface area contributed by atoms with Crippen LogP contribution in [0.4, 0.5) is 0 Å². The molecule has 0 unspecified atom stereocenters. The molecule has 2 N–H and O–H groups in total. The van der Waals surface area contributed by atoms with Gasteiger partial charge in [-0.3, -0.25) is 9.48 Å². The first-order chi connectivity index (χ1) is 9.72. The Hall–Kier alpha value is -1.93. The number of hydrogen-bond acceptors (Lipinski definition) is 4. The van der Waals surface area contributed by atoms with Gasteiger partial charge in [0.15, 0.2) is 0 Å². The SMILES string of the molecule is CC(C)n1ncc2cc(S(=O)(=O)N[C@@H](C)C(=O)O)ccc21. The van der Waals surface area contributed by atoms with Crippen LogP contribution in [0.2, 0.25) is 0 Å². The van der Waals surface area contributed by atoms with Crippen LogP contribution < -0.4 is 4.72 Å². The number of nitrogens with one attached hydrogen (secondary N) is 1. The molecule has 0 fully saturated rings. The molecule has 114 valence electrons. The predicted octanol–water partition coefficient (Wildman–Crippen LogP) is 1.37. The van der Waals surface area contributed by atoms with E-state index in [2.05, 4.69) is 9.82 Å². The molecular formula is C13H17N3O4S. The van der Waals surface area contributed by atoms with Gasteiger partial charge in [0.2, 0.25) is 10.0 Å². The van der Waals surface area contributed by atoms with Crippen LogP contribution in [0.5, 0.6) is 0 Å². The Morgan fingerprint density at radius 3 is 2.57 bits per heavy atom. The lowest BCUT2D eigenvalue weighted by Gasteiger charge is -2.11. The zero-order chi connectivity index (χ0) is 15.8. The highest BCUT2D eigenvalue weighted by Gasteiger charge is 2.22. The fourth-order valence-corrected chi connectivity index (χ4v) is 3.19. The number of rotatable bonds is 5. The minimum atomic E-state index is -3.87. The summed E-state index contributed by atoms with van der Waals surface area (Å²) < 4.78 is 28.2. The van der Waals surface area contributed by atoms with Crippen molar-refractivity contribution in [3.05, 3.63) is 24.4 Å². The number of aliphatic carboxylic acids is 1. The molecule has 0 amide bonds. The van der Waals surface area contributed by atoms with Crippen LogP contribution in [0.15, 0.2) is 29.3 Å². The second-order valence-electron chi connectivity index (χ2n) is 5.08. The van der Waals surface area contributed by atoms with E-state index in [0.29, 0.717) is 5.39 Å². The van der Waals surface area contributed by atoms with E-state index in [1.54, 1.807) is 16.9 Å². The molecule has 21 heavy (non-hydrogen) atoms. The first kappa shape index (κ1) is 15.5. The Labute approximate surface area is 122 Å². The van der Waals surface area contributed by atoms with Gasteiger partial charge in [0.05, 0.1) is 16.6 Å². The third-order valence-electron chi connectivity index (χ3n) is 3.07.